The molecule has 7 nitrogen and oxygen atoms in total. The monoisotopic (exact) mass is 331 g/mol. The Hall–Kier alpha value is -2.40. The maximum absolute atomic E-state index is 11.6. The lowest BCUT2D eigenvalue weighted by Crippen LogP contribution is -2.34. The van der Waals surface area contributed by atoms with Gasteiger partial charge in [-0.25, -0.2) is 14.8 Å². The van der Waals surface area contributed by atoms with E-state index in [1.165, 1.54) is 11.3 Å². The predicted octanol–water partition coefficient (Wildman–Crippen LogP) is 3.00. The number of nitrogens with one attached hydrogen (secondary N) is 1. The van der Waals surface area contributed by atoms with Gasteiger partial charge in [0.2, 0.25) is 0 Å². The van der Waals surface area contributed by atoms with Gasteiger partial charge in [0.05, 0.1) is 28.8 Å². The van der Waals surface area contributed by atoms with E-state index in [-0.39, 0.29) is 5.92 Å². The maximum atomic E-state index is 11.6. The third kappa shape index (κ3) is 3.35. The molecule has 3 rings (SSSR count). The summed E-state index contributed by atoms with van der Waals surface area (Å²) in [4.78, 5) is 22.6. The Balaban J connectivity index is 1.87. The summed E-state index contributed by atoms with van der Waals surface area (Å²) in [5.41, 5.74) is 0.783. The van der Waals surface area contributed by atoms with Crippen molar-refractivity contribution in [3.63, 3.8) is 0 Å². The van der Waals surface area contributed by atoms with E-state index in [0.29, 0.717) is 19.0 Å². The van der Waals surface area contributed by atoms with Gasteiger partial charge in [-0.1, -0.05) is 11.3 Å². The zero-order valence-corrected chi connectivity index (χ0v) is 13.6. The lowest BCUT2D eigenvalue weighted by molar-refractivity contribution is 0.168. The van der Waals surface area contributed by atoms with Crippen LogP contribution in [0.15, 0.2) is 12.3 Å². The van der Waals surface area contributed by atoms with Gasteiger partial charge in [0.25, 0.3) is 0 Å². The van der Waals surface area contributed by atoms with Crippen molar-refractivity contribution in [2.75, 3.05) is 29.9 Å². The van der Waals surface area contributed by atoms with Gasteiger partial charge < -0.3 is 9.64 Å². The van der Waals surface area contributed by atoms with E-state index < -0.39 is 6.09 Å². The molecule has 1 atom stereocenters. The number of fused-ring (bicyclic) bond motifs is 1. The minimum atomic E-state index is -0.523. The van der Waals surface area contributed by atoms with E-state index in [1.54, 1.807) is 13.1 Å². The molecule has 0 aliphatic carbocycles. The smallest absolute Gasteiger partial charge is 0.412 e. The first kappa shape index (κ1) is 15.5. The van der Waals surface area contributed by atoms with Gasteiger partial charge in [-0.2, -0.15) is 5.26 Å². The number of anilines is 2. The molecule has 1 amide bonds. The third-order valence-corrected chi connectivity index (χ3v) is 4.80. The molecule has 1 aliphatic heterocycles. The fourth-order valence-corrected chi connectivity index (χ4v) is 3.63. The first-order valence-electron chi connectivity index (χ1n) is 7.55. The molecule has 2 aromatic heterocycles. The molecule has 3 heterocycles. The van der Waals surface area contributed by atoms with Crippen LogP contribution in [0, 0.1) is 17.2 Å². The third-order valence-electron chi connectivity index (χ3n) is 3.66. The van der Waals surface area contributed by atoms with Crippen LogP contribution in [0.25, 0.3) is 10.2 Å². The molecular formula is C15H17N5O2S. The summed E-state index contributed by atoms with van der Waals surface area (Å²) >= 11 is 1.48. The Kier molecular flexibility index (Phi) is 4.57. The number of piperidine rings is 1. The number of nitrogens with zero attached hydrogens (tertiary/aromatic N) is 4. The molecule has 2 aromatic rings. The Morgan fingerprint density at radius 1 is 1.65 bits per heavy atom. The topological polar surface area (TPSA) is 91.1 Å². The van der Waals surface area contributed by atoms with Crippen molar-refractivity contribution in [1.82, 2.24) is 9.97 Å². The molecule has 1 N–H and O–H groups in total. The van der Waals surface area contributed by atoms with Crippen LogP contribution in [0.5, 0.6) is 0 Å². The van der Waals surface area contributed by atoms with Gasteiger partial charge in [0.1, 0.15) is 0 Å². The molecule has 0 aromatic carbocycles. The molecule has 23 heavy (non-hydrogen) atoms. The van der Waals surface area contributed by atoms with Crippen molar-refractivity contribution < 1.29 is 9.53 Å². The van der Waals surface area contributed by atoms with Crippen LogP contribution >= 0.6 is 11.3 Å². The highest BCUT2D eigenvalue weighted by atomic mass is 32.1. The molecule has 0 spiro atoms. The SMILES string of the molecule is CCOC(=O)Nc1nccc2nc(N3CCCC(C#N)C3)sc12. The molecule has 1 aliphatic rings. The quantitative estimate of drug-likeness (QED) is 0.929. The number of nitriles is 1. The van der Waals surface area contributed by atoms with Crippen molar-refractivity contribution >= 4 is 38.6 Å². The summed E-state index contributed by atoms with van der Waals surface area (Å²) in [7, 11) is 0. The average molecular weight is 331 g/mol. The van der Waals surface area contributed by atoms with Crippen molar-refractivity contribution in [3.05, 3.63) is 12.3 Å². The number of pyridine rings is 1. The highest BCUT2D eigenvalue weighted by molar-refractivity contribution is 7.22. The molecule has 1 saturated heterocycles. The van der Waals surface area contributed by atoms with Crippen LogP contribution in [0.1, 0.15) is 19.8 Å². The number of carbonyl (C=O) groups is 1. The molecule has 0 radical (unpaired) electrons. The van der Waals surface area contributed by atoms with Crippen LogP contribution in [-0.4, -0.2) is 35.8 Å². The fraction of sp³-hybridized carbons (Fsp3) is 0.467. The second-order valence-electron chi connectivity index (χ2n) is 5.26. The van der Waals surface area contributed by atoms with Gasteiger partial charge in [-0.3, -0.25) is 5.32 Å². The summed E-state index contributed by atoms with van der Waals surface area (Å²) in [5, 5.41) is 12.6. The Morgan fingerprint density at radius 2 is 2.52 bits per heavy atom. The molecule has 1 unspecified atom stereocenters. The van der Waals surface area contributed by atoms with Crippen molar-refractivity contribution in [2.45, 2.75) is 19.8 Å². The molecular weight excluding hydrogens is 314 g/mol. The highest BCUT2D eigenvalue weighted by Gasteiger charge is 2.23. The van der Waals surface area contributed by atoms with Crippen molar-refractivity contribution in [2.24, 2.45) is 5.92 Å². The Bertz CT molecular complexity index is 754. The van der Waals surface area contributed by atoms with Crippen LogP contribution in [0.2, 0.25) is 0 Å². The maximum Gasteiger partial charge on any atom is 0.412 e. The summed E-state index contributed by atoms with van der Waals surface area (Å²) in [6.45, 7) is 3.65. The van der Waals surface area contributed by atoms with Crippen LogP contribution in [0.4, 0.5) is 15.7 Å². The number of thiazole rings is 1. The molecule has 0 bridgehead atoms. The Labute approximate surface area is 137 Å². The number of ether oxygens (including phenoxy) is 1. The first-order valence-corrected chi connectivity index (χ1v) is 8.36. The summed E-state index contributed by atoms with van der Waals surface area (Å²) in [6.07, 6.45) is 3.02. The second kappa shape index (κ2) is 6.79. The largest absolute Gasteiger partial charge is 0.450 e. The average Bonchev–Trinajstić information content (AvgIpc) is 3.00. The molecule has 8 heteroatoms. The van der Waals surface area contributed by atoms with Crippen LogP contribution in [0.3, 0.4) is 0 Å². The van der Waals surface area contributed by atoms with E-state index in [2.05, 4.69) is 26.3 Å². The van der Waals surface area contributed by atoms with Gasteiger partial charge >= 0.3 is 6.09 Å². The van der Waals surface area contributed by atoms with Crippen molar-refractivity contribution in [1.29, 1.82) is 5.26 Å². The van der Waals surface area contributed by atoms with E-state index in [0.717, 1.165) is 34.7 Å². The van der Waals surface area contributed by atoms with E-state index in [4.69, 9.17) is 10.00 Å². The summed E-state index contributed by atoms with van der Waals surface area (Å²) in [6, 6.07) is 4.16. The molecule has 120 valence electrons. The lowest BCUT2D eigenvalue weighted by atomic mass is 10.0. The number of rotatable bonds is 3. The van der Waals surface area contributed by atoms with Gasteiger partial charge in [0, 0.05) is 19.3 Å². The molecule has 1 fully saturated rings. The zero-order chi connectivity index (χ0) is 16.2. The standard InChI is InChI=1S/C15H17N5O2S/c1-2-22-15(21)19-13-12-11(5-6-17-13)18-14(23-12)20-7-3-4-10(8-16)9-20/h5-6,10H,2-4,7,9H2,1H3,(H,17,19,21). The number of amides is 1. The van der Waals surface area contributed by atoms with Crippen molar-refractivity contribution in [3.8, 4) is 6.07 Å². The van der Waals surface area contributed by atoms with Gasteiger partial charge in [0.15, 0.2) is 10.9 Å². The van der Waals surface area contributed by atoms with Crippen LogP contribution < -0.4 is 10.2 Å². The minimum absolute atomic E-state index is 0.0472. The van der Waals surface area contributed by atoms with Gasteiger partial charge in [-0.05, 0) is 25.8 Å². The zero-order valence-electron chi connectivity index (χ0n) is 12.8. The second-order valence-corrected chi connectivity index (χ2v) is 6.24. The van der Waals surface area contributed by atoms with E-state index >= 15 is 0 Å². The van der Waals surface area contributed by atoms with Crippen LogP contribution in [-0.2, 0) is 4.74 Å². The minimum Gasteiger partial charge on any atom is -0.450 e. The van der Waals surface area contributed by atoms with Gasteiger partial charge in [-0.15, -0.1) is 0 Å². The predicted molar refractivity (Wildman–Crippen MR) is 88.6 cm³/mol. The van der Waals surface area contributed by atoms with E-state index in [1.807, 2.05) is 6.07 Å². The lowest BCUT2D eigenvalue weighted by Gasteiger charge is -2.28. The normalized spacial score (nSPS) is 17.7. The van der Waals surface area contributed by atoms with E-state index in [9.17, 15) is 4.79 Å². The first-order chi connectivity index (χ1) is 11.2. The molecule has 0 saturated carbocycles. The number of hydrogen-bond donors (Lipinski definition) is 1. The summed E-state index contributed by atoms with van der Waals surface area (Å²) in [5.74, 6) is 0.504. The number of hydrogen-bond acceptors (Lipinski definition) is 7. The number of aromatic nitrogens is 2. The fourth-order valence-electron chi connectivity index (χ4n) is 2.59. The Morgan fingerprint density at radius 3 is 3.30 bits per heavy atom. The number of carbonyl (C=O) groups excluding carboxylic acids is 1. The highest BCUT2D eigenvalue weighted by Crippen LogP contribution is 2.34. The summed E-state index contributed by atoms with van der Waals surface area (Å²) < 4.78 is 5.71.